The van der Waals surface area contributed by atoms with E-state index in [1.54, 1.807) is 6.08 Å². The topological polar surface area (TPSA) is 80.3 Å². The number of carbonyl (C=O) groups excluding carboxylic acids is 1. The van der Waals surface area contributed by atoms with Crippen LogP contribution in [0, 0.1) is 6.92 Å². The summed E-state index contributed by atoms with van der Waals surface area (Å²) in [5.41, 5.74) is 4.43. The van der Waals surface area contributed by atoms with E-state index in [-0.39, 0.29) is 12.0 Å². The van der Waals surface area contributed by atoms with Crippen molar-refractivity contribution in [2.45, 2.75) is 33.0 Å². The highest BCUT2D eigenvalue weighted by Gasteiger charge is 2.31. The first-order valence-corrected chi connectivity index (χ1v) is 14.7. The Hall–Kier alpha value is -3.53. The molecular weight excluding hydrogens is 518 g/mol. The van der Waals surface area contributed by atoms with Gasteiger partial charge in [0.1, 0.15) is 5.82 Å². The summed E-state index contributed by atoms with van der Waals surface area (Å²) in [6.45, 7) is 11.8. The molecule has 9 heteroatoms. The Kier molecular flexibility index (Phi) is 8.46. The van der Waals surface area contributed by atoms with Gasteiger partial charge >= 0.3 is 6.01 Å². The van der Waals surface area contributed by atoms with Crippen LogP contribution < -0.4 is 9.64 Å². The number of rotatable bonds is 7. The molecule has 4 heterocycles. The van der Waals surface area contributed by atoms with Gasteiger partial charge in [0.2, 0.25) is 5.91 Å². The van der Waals surface area contributed by atoms with Crippen LogP contribution in [0.5, 0.6) is 6.01 Å². The normalized spacial score (nSPS) is 20.0. The van der Waals surface area contributed by atoms with Crippen molar-refractivity contribution < 1.29 is 19.0 Å². The van der Waals surface area contributed by atoms with Gasteiger partial charge in [-0.1, -0.05) is 42.5 Å². The van der Waals surface area contributed by atoms with E-state index in [0.29, 0.717) is 51.8 Å². The van der Waals surface area contributed by atoms with Crippen molar-refractivity contribution in [3.63, 3.8) is 0 Å². The van der Waals surface area contributed by atoms with E-state index < -0.39 is 0 Å². The summed E-state index contributed by atoms with van der Waals surface area (Å²) in [6.07, 6.45) is 4.25. The van der Waals surface area contributed by atoms with Crippen LogP contribution in [0.4, 0.5) is 5.82 Å². The SMILES string of the molecule is CCOc1nc2c(c(N3CCN(C(=O)/C=C/CN4CCOCC4)CC3)n1)COC(c1cccc3cccc(C)c13)C2. The van der Waals surface area contributed by atoms with Crippen LogP contribution >= 0.6 is 0 Å². The summed E-state index contributed by atoms with van der Waals surface area (Å²) in [5.74, 6) is 0.926. The molecule has 3 aromatic rings. The zero-order chi connectivity index (χ0) is 28.2. The second-order valence-corrected chi connectivity index (χ2v) is 10.8. The Morgan fingerprint density at radius 1 is 1.05 bits per heavy atom. The average molecular weight is 558 g/mol. The monoisotopic (exact) mass is 557 g/mol. The highest BCUT2D eigenvalue weighted by Crippen LogP contribution is 2.38. The van der Waals surface area contributed by atoms with E-state index in [0.717, 1.165) is 49.9 Å². The summed E-state index contributed by atoms with van der Waals surface area (Å²) in [4.78, 5) is 29.0. The fraction of sp³-hybridized carbons (Fsp3) is 0.469. The van der Waals surface area contributed by atoms with Gasteiger partial charge in [0.25, 0.3) is 0 Å². The molecule has 0 saturated carbocycles. The number of hydrogen-bond acceptors (Lipinski definition) is 8. The van der Waals surface area contributed by atoms with E-state index in [9.17, 15) is 4.79 Å². The molecular formula is C32H39N5O4. The largest absolute Gasteiger partial charge is 0.464 e. The van der Waals surface area contributed by atoms with Gasteiger partial charge in [-0.15, -0.1) is 0 Å². The van der Waals surface area contributed by atoms with Crippen LogP contribution in [0.25, 0.3) is 10.8 Å². The molecule has 2 saturated heterocycles. The molecule has 2 fully saturated rings. The first-order chi connectivity index (χ1) is 20.1. The van der Waals surface area contributed by atoms with E-state index in [2.05, 4.69) is 53.1 Å². The number of aromatic nitrogens is 2. The Morgan fingerprint density at radius 2 is 1.83 bits per heavy atom. The molecule has 1 atom stereocenters. The number of morpholine rings is 1. The lowest BCUT2D eigenvalue weighted by Crippen LogP contribution is -2.49. The maximum atomic E-state index is 12.9. The van der Waals surface area contributed by atoms with E-state index in [1.807, 2.05) is 17.9 Å². The van der Waals surface area contributed by atoms with Crippen molar-refractivity contribution >= 4 is 22.5 Å². The molecule has 9 nitrogen and oxygen atoms in total. The number of nitrogens with zero attached hydrogens (tertiary/aromatic N) is 5. The van der Waals surface area contributed by atoms with Crippen LogP contribution in [0.2, 0.25) is 0 Å². The maximum Gasteiger partial charge on any atom is 0.318 e. The van der Waals surface area contributed by atoms with Crippen LogP contribution in [0.15, 0.2) is 48.6 Å². The number of anilines is 1. The van der Waals surface area contributed by atoms with Crippen LogP contribution in [0.3, 0.4) is 0 Å². The van der Waals surface area contributed by atoms with Crippen LogP contribution in [-0.4, -0.2) is 91.3 Å². The van der Waals surface area contributed by atoms with Gasteiger partial charge in [0, 0.05) is 63.9 Å². The van der Waals surface area contributed by atoms with Gasteiger partial charge in [-0.2, -0.15) is 9.97 Å². The second kappa shape index (κ2) is 12.5. The van der Waals surface area contributed by atoms with Crippen LogP contribution in [0.1, 0.15) is 35.4 Å². The van der Waals surface area contributed by atoms with Gasteiger partial charge in [0.15, 0.2) is 0 Å². The van der Waals surface area contributed by atoms with Crippen molar-refractivity contribution in [3.05, 3.63) is 70.9 Å². The number of benzene rings is 2. The van der Waals surface area contributed by atoms with Crippen molar-refractivity contribution in [2.75, 3.05) is 70.5 Å². The predicted octanol–water partition coefficient (Wildman–Crippen LogP) is 3.69. The Balaban J connectivity index is 1.16. The highest BCUT2D eigenvalue weighted by molar-refractivity contribution is 5.89. The molecule has 6 rings (SSSR count). The second-order valence-electron chi connectivity index (χ2n) is 10.8. The molecule has 0 N–H and O–H groups in total. The number of aryl methyl sites for hydroxylation is 1. The molecule has 3 aliphatic rings. The Morgan fingerprint density at radius 3 is 2.61 bits per heavy atom. The maximum absolute atomic E-state index is 12.9. The molecule has 0 spiro atoms. The number of piperazine rings is 1. The van der Waals surface area contributed by atoms with Gasteiger partial charge in [-0.3, -0.25) is 9.69 Å². The van der Waals surface area contributed by atoms with Gasteiger partial charge in [0.05, 0.1) is 38.2 Å². The Bertz CT molecular complexity index is 1410. The highest BCUT2D eigenvalue weighted by atomic mass is 16.5. The summed E-state index contributed by atoms with van der Waals surface area (Å²) in [7, 11) is 0. The number of amides is 1. The van der Waals surface area contributed by atoms with Crippen molar-refractivity contribution in [1.82, 2.24) is 19.8 Å². The number of hydrogen-bond donors (Lipinski definition) is 0. The zero-order valence-electron chi connectivity index (χ0n) is 24.1. The zero-order valence-corrected chi connectivity index (χ0v) is 24.1. The lowest BCUT2D eigenvalue weighted by atomic mass is 9.92. The summed E-state index contributed by atoms with van der Waals surface area (Å²) >= 11 is 0. The third-order valence-electron chi connectivity index (χ3n) is 8.24. The van der Waals surface area contributed by atoms with E-state index in [4.69, 9.17) is 24.2 Å². The average Bonchev–Trinajstić information content (AvgIpc) is 3.01. The standard InChI is InChI=1S/C32H39N5O4/c1-3-40-32-33-27-21-28(25-10-5-9-24-8-4-7-23(2)30(24)25)41-22-26(27)31(34-32)37-15-13-36(14-16-37)29(38)11-6-12-35-17-19-39-20-18-35/h4-11,28H,3,12-22H2,1-2H3/b11-6+. The fourth-order valence-corrected chi connectivity index (χ4v) is 6.05. The summed E-state index contributed by atoms with van der Waals surface area (Å²) < 4.78 is 17.7. The first-order valence-electron chi connectivity index (χ1n) is 14.7. The number of ether oxygens (including phenoxy) is 3. The Labute approximate surface area is 241 Å². The van der Waals surface area contributed by atoms with Crippen LogP contribution in [-0.2, 0) is 27.3 Å². The molecule has 2 aromatic carbocycles. The lowest BCUT2D eigenvalue weighted by Gasteiger charge is -2.37. The van der Waals surface area contributed by atoms with E-state index >= 15 is 0 Å². The predicted molar refractivity (Wildman–Crippen MR) is 158 cm³/mol. The van der Waals surface area contributed by atoms with Crippen molar-refractivity contribution in [3.8, 4) is 6.01 Å². The summed E-state index contributed by atoms with van der Waals surface area (Å²) in [6, 6.07) is 13.2. The quantitative estimate of drug-likeness (QED) is 0.407. The van der Waals surface area contributed by atoms with Crippen molar-refractivity contribution in [2.24, 2.45) is 0 Å². The molecule has 0 aliphatic carbocycles. The molecule has 1 unspecified atom stereocenters. The molecule has 41 heavy (non-hydrogen) atoms. The van der Waals surface area contributed by atoms with E-state index in [1.165, 1.54) is 21.9 Å². The van der Waals surface area contributed by atoms with Gasteiger partial charge in [-0.25, -0.2) is 0 Å². The third kappa shape index (κ3) is 6.07. The van der Waals surface area contributed by atoms with Crippen molar-refractivity contribution in [1.29, 1.82) is 0 Å². The minimum atomic E-state index is -0.0942. The number of carbonyl (C=O) groups is 1. The molecule has 3 aliphatic heterocycles. The number of fused-ring (bicyclic) bond motifs is 2. The van der Waals surface area contributed by atoms with Gasteiger partial charge in [-0.05, 0) is 35.7 Å². The molecule has 0 radical (unpaired) electrons. The minimum Gasteiger partial charge on any atom is -0.464 e. The third-order valence-corrected chi connectivity index (χ3v) is 8.24. The first kappa shape index (κ1) is 27.6. The minimum absolute atomic E-state index is 0.0641. The molecule has 1 amide bonds. The molecule has 216 valence electrons. The fourth-order valence-electron chi connectivity index (χ4n) is 6.05. The molecule has 1 aromatic heterocycles. The molecule has 0 bridgehead atoms. The summed E-state index contributed by atoms with van der Waals surface area (Å²) in [5, 5.41) is 2.47. The lowest BCUT2D eigenvalue weighted by molar-refractivity contribution is -0.126. The van der Waals surface area contributed by atoms with Gasteiger partial charge < -0.3 is 24.0 Å². The smallest absolute Gasteiger partial charge is 0.318 e.